The summed E-state index contributed by atoms with van der Waals surface area (Å²) in [4.78, 5) is 25.3. The van der Waals surface area contributed by atoms with Gasteiger partial charge in [-0.15, -0.1) is 0 Å². The molecule has 1 aromatic carbocycles. The molecule has 1 N–H and O–H groups in total. The van der Waals surface area contributed by atoms with E-state index in [2.05, 4.69) is 12.2 Å². The Balaban J connectivity index is 2.53. The van der Waals surface area contributed by atoms with Crippen LogP contribution in [0.2, 0.25) is 0 Å². The van der Waals surface area contributed by atoms with Gasteiger partial charge >= 0.3 is 0 Å². The Morgan fingerprint density at radius 2 is 1.90 bits per heavy atom. The third kappa shape index (κ3) is 5.58. The van der Waals surface area contributed by atoms with Gasteiger partial charge in [0, 0.05) is 32.1 Å². The van der Waals surface area contributed by atoms with Gasteiger partial charge in [0.05, 0.1) is 0 Å². The standard InChI is InChI=1S/C17H26N2O2/c1-5-6-11-19(15(4)20)12-10-17(21)18-16-9-7-8-13(2)14(16)3/h7-9H,5-6,10-12H2,1-4H3,(H,18,21). The maximum Gasteiger partial charge on any atom is 0.226 e. The van der Waals surface area contributed by atoms with Gasteiger partial charge in [-0.05, 0) is 37.5 Å². The molecule has 0 aliphatic carbocycles. The van der Waals surface area contributed by atoms with Gasteiger partial charge in [-0.25, -0.2) is 0 Å². The molecule has 1 aromatic rings. The first-order chi connectivity index (χ1) is 9.95. The number of nitrogens with one attached hydrogen (secondary N) is 1. The highest BCUT2D eigenvalue weighted by Gasteiger charge is 2.11. The van der Waals surface area contributed by atoms with E-state index < -0.39 is 0 Å². The molecule has 0 bridgehead atoms. The lowest BCUT2D eigenvalue weighted by Crippen LogP contribution is -2.32. The van der Waals surface area contributed by atoms with Crippen LogP contribution in [0.5, 0.6) is 0 Å². The molecule has 4 nitrogen and oxygen atoms in total. The normalized spacial score (nSPS) is 10.3. The molecule has 0 aromatic heterocycles. The smallest absolute Gasteiger partial charge is 0.226 e. The second-order valence-electron chi connectivity index (χ2n) is 5.41. The van der Waals surface area contributed by atoms with Gasteiger partial charge < -0.3 is 10.2 Å². The zero-order valence-corrected chi connectivity index (χ0v) is 13.5. The fraction of sp³-hybridized carbons (Fsp3) is 0.529. The van der Waals surface area contributed by atoms with Crippen molar-refractivity contribution in [2.45, 2.75) is 47.0 Å². The molecule has 0 aliphatic heterocycles. The molecular weight excluding hydrogens is 264 g/mol. The van der Waals surface area contributed by atoms with E-state index in [4.69, 9.17) is 0 Å². The Morgan fingerprint density at radius 3 is 2.52 bits per heavy atom. The summed E-state index contributed by atoms with van der Waals surface area (Å²) in [5.41, 5.74) is 3.09. The van der Waals surface area contributed by atoms with Gasteiger partial charge in [0.1, 0.15) is 0 Å². The number of hydrogen-bond acceptors (Lipinski definition) is 2. The number of hydrogen-bond donors (Lipinski definition) is 1. The van der Waals surface area contributed by atoms with E-state index in [-0.39, 0.29) is 11.8 Å². The van der Waals surface area contributed by atoms with Crippen LogP contribution in [-0.4, -0.2) is 29.8 Å². The third-order valence-corrected chi connectivity index (χ3v) is 3.71. The van der Waals surface area contributed by atoms with Crippen LogP contribution in [0.1, 0.15) is 44.2 Å². The number of unbranched alkanes of at least 4 members (excludes halogenated alkanes) is 1. The molecule has 0 radical (unpaired) electrons. The van der Waals surface area contributed by atoms with Crippen molar-refractivity contribution in [3.63, 3.8) is 0 Å². The van der Waals surface area contributed by atoms with Gasteiger partial charge in [0.2, 0.25) is 11.8 Å². The van der Waals surface area contributed by atoms with Crippen molar-refractivity contribution in [1.82, 2.24) is 4.90 Å². The van der Waals surface area contributed by atoms with Crippen LogP contribution in [0.4, 0.5) is 5.69 Å². The third-order valence-electron chi connectivity index (χ3n) is 3.71. The average molecular weight is 290 g/mol. The molecule has 1 rings (SSSR count). The minimum absolute atomic E-state index is 0.0305. The predicted octanol–water partition coefficient (Wildman–Crippen LogP) is 3.28. The predicted molar refractivity (Wildman–Crippen MR) is 86.3 cm³/mol. The van der Waals surface area contributed by atoms with E-state index in [0.717, 1.165) is 36.2 Å². The summed E-state index contributed by atoms with van der Waals surface area (Å²) < 4.78 is 0. The largest absolute Gasteiger partial charge is 0.342 e. The van der Waals surface area contributed by atoms with Crippen molar-refractivity contribution >= 4 is 17.5 Å². The molecule has 116 valence electrons. The zero-order chi connectivity index (χ0) is 15.8. The highest BCUT2D eigenvalue weighted by molar-refractivity contribution is 5.92. The molecule has 0 atom stereocenters. The minimum Gasteiger partial charge on any atom is -0.342 e. The fourth-order valence-corrected chi connectivity index (χ4v) is 2.11. The first kappa shape index (κ1) is 17.2. The number of rotatable bonds is 7. The first-order valence-electron chi connectivity index (χ1n) is 7.57. The van der Waals surface area contributed by atoms with Crippen molar-refractivity contribution in [3.8, 4) is 0 Å². The molecule has 0 fully saturated rings. The van der Waals surface area contributed by atoms with Crippen LogP contribution in [0.15, 0.2) is 18.2 Å². The summed E-state index contributed by atoms with van der Waals surface area (Å²) in [7, 11) is 0. The van der Waals surface area contributed by atoms with Crippen LogP contribution in [0.3, 0.4) is 0 Å². The molecule has 0 saturated carbocycles. The van der Waals surface area contributed by atoms with Gasteiger partial charge in [0.25, 0.3) is 0 Å². The van der Waals surface area contributed by atoms with Crippen LogP contribution < -0.4 is 5.32 Å². The Kier molecular flexibility index (Phi) is 6.92. The number of nitrogens with zero attached hydrogens (tertiary/aromatic N) is 1. The number of benzene rings is 1. The summed E-state index contributed by atoms with van der Waals surface area (Å²) >= 11 is 0. The Bertz CT molecular complexity index is 498. The van der Waals surface area contributed by atoms with Crippen molar-refractivity contribution < 1.29 is 9.59 Å². The zero-order valence-electron chi connectivity index (χ0n) is 13.5. The molecule has 0 aliphatic rings. The second-order valence-corrected chi connectivity index (χ2v) is 5.41. The summed E-state index contributed by atoms with van der Waals surface area (Å²) in [5.74, 6) is -0.0190. The Morgan fingerprint density at radius 1 is 1.19 bits per heavy atom. The number of carbonyl (C=O) groups is 2. The van der Waals surface area contributed by atoms with Gasteiger partial charge in [-0.1, -0.05) is 25.5 Å². The number of aryl methyl sites for hydroxylation is 1. The van der Waals surface area contributed by atoms with E-state index in [9.17, 15) is 9.59 Å². The average Bonchev–Trinajstić information content (AvgIpc) is 2.43. The van der Waals surface area contributed by atoms with E-state index in [1.165, 1.54) is 0 Å². The lowest BCUT2D eigenvalue weighted by Gasteiger charge is -2.20. The van der Waals surface area contributed by atoms with E-state index in [0.29, 0.717) is 13.0 Å². The summed E-state index contributed by atoms with van der Waals surface area (Å²) in [6.45, 7) is 8.86. The van der Waals surface area contributed by atoms with Crippen LogP contribution in [-0.2, 0) is 9.59 Å². The summed E-state index contributed by atoms with van der Waals surface area (Å²) in [6.07, 6.45) is 2.34. The van der Waals surface area contributed by atoms with Gasteiger partial charge in [-0.3, -0.25) is 9.59 Å². The number of amides is 2. The topological polar surface area (TPSA) is 49.4 Å². The van der Waals surface area contributed by atoms with Crippen molar-refractivity contribution in [1.29, 1.82) is 0 Å². The lowest BCUT2D eigenvalue weighted by molar-refractivity contribution is -0.129. The number of carbonyl (C=O) groups excluding carboxylic acids is 2. The summed E-state index contributed by atoms with van der Waals surface area (Å²) in [5, 5.41) is 2.92. The fourth-order valence-electron chi connectivity index (χ4n) is 2.11. The molecule has 21 heavy (non-hydrogen) atoms. The van der Waals surface area contributed by atoms with Crippen LogP contribution in [0.25, 0.3) is 0 Å². The molecule has 4 heteroatoms. The molecule has 0 unspecified atom stereocenters. The van der Waals surface area contributed by atoms with Crippen molar-refractivity contribution in [2.24, 2.45) is 0 Å². The quantitative estimate of drug-likeness (QED) is 0.837. The van der Waals surface area contributed by atoms with Gasteiger partial charge in [-0.2, -0.15) is 0 Å². The van der Waals surface area contributed by atoms with Crippen molar-refractivity contribution in [2.75, 3.05) is 18.4 Å². The van der Waals surface area contributed by atoms with Crippen molar-refractivity contribution in [3.05, 3.63) is 29.3 Å². The van der Waals surface area contributed by atoms with Crippen LogP contribution >= 0.6 is 0 Å². The molecule has 0 heterocycles. The molecular formula is C17H26N2O2. The Hall–Kier alpha value is -1.84. The SMILES string of the molecule is CCCCN(CCC(=O)Nc1cccc(C)c1C)C(C)=O. The lowest BCUT2D eigenvalue weighted by atomic mass is 10.1. The maximum atomic E-state index is 12.0. The van der Waals surface area contributed by atoms with Crippen LogP contribution in [0, 0.1) is 13.8 Å². The molecule has 0 saturated heterocycles. The minimum atomic E-state index is -0.0496. The Labute approximate surface area is 127 Å². The number of anilines is 1. The first-order valence-corrected chi connectivity index (χ1v) is 7.57. The highest BCUT2D eigenvalue weighted by Crippen LogP contribution is 2.18. The highest BCUT2D eigenvalue weighted by atomic mass is 16.2. The summed E-state index contributed by atoms with van der Waals surface area (Å²) in [6, 6.07) is 5.86. The van der Waals surface area contributed by atoms with E-state index in [1.54, 1.807) is 11.8 Å². The van der Waals surface area contributed by atoms with E-state index in [1.807, 2.05) is 32.0 Å². The maximum absolute atomic E-state index is 12.0. The van der Waals surface area contributed by atoms with Gasteiger partial charge in [0.15, 0.2) is 0 Å². The molecule has 2 amide bonds. The monoisotopic (exact) mass is 290 g/mol. The van der Waals surface area contributed by atoms with E-state index >= 15 is 0 Å². The molecule has 0 spiro atoms. The second kappa shape index (κ2) is 8.45.